The highest BCUT2D eigenvalue weighted by atomic mass is 16.4. The second-order valence-electron chi connectivity index (χ2n) is 6.08. The van der Waals surface area contributed by atoms with Crippen LogP contribution in [0.4, 0.5) is 0 Å². The van der Waals surface area contributed by atoms with Crippen molar-refractivity contribution in [2.24, 2.45) is 0 Å². The monoisotopic (exact) mass is 328 g/mol. The Hall–Kier alpha value is -2.43. The second kappa shape index (κ2) is 9.01. The summed E-state index contributed by atoms with van der Waals surface area (Å²) < 4.78 is 0. The molecule has 0 aliphatic heterocycles. The van der Waals surface area contributed by atoms with Crippen LogP contribution in [0.3, 0.4) is 0 Å². The normalized spacial score (nSPS) is 10.7. The molecule has 0 radical (unpaired) electrons. The summed E-state index contributed by atoms with van der Waals surface area (Å²) in [6.07, 6.45) is 9.89. The summed E-state index contributed by atoms with van der Waals surface area (Å²) in [6, 6.07) is 5.18. The van der Waals surface area contributed by atoms with E-state index in [1.165, 1.54) is 0 Å². The number of rotatable bonds is 9. The first-order valence-electron chi connectivity index (χ1n) is 8.39. The molecule has 24 heavy (non-hydrogen) atoms. The minimum Gasteiger partial charge on any atom is -0.508 e. The SMILES string of the molecule is Cc1cc(O)ccc1-c1ncc(CCCCCCCC(=O)O)cn1. The van der Waals surface area contributed by atoms with Crippen LogP contribution in [-0.2, 0) is 11.2 Å². The second-order valence-corrected chi connectivity index (χ2v) is 6.08. The first-order valence-corrected chi connectivity index (χ1v) is 8.39. The van der Waals surface area contributed by atoms with E-state index in [2.05, 4.69) is 9.97 Å². The van der Waals surface area contributed by atoms with Gasteiger partial charge in [0.2, 0.25) is 0 Å². The predicted molar refractivity (Wildman–Crippen MR) is 92.9 cm³/mol. The molecule has 1 heterocycles. The van der Waals surface area contributed by atoms with E-state index >= 15 is 0 Å². The summed E-state index contributed by atoms with van der Waals surface area (Å²) in [5, 5.41) is 18.0. The maximum atomic E-state index is 10.4. The lowest BCUT2D eigenvalue weighted by molar-refractivity contribution is -0.137. The van der Waals surface area contributed by atoms with Crippen molar-refractivity contribution in [3.8, 4) is 17.1 Å². The van der Waals surface area contributed by atoms with Gasteiger partial charge in [0, 0.05) is 24.4 Å². The van der Waals surface area contributed by atoms with Crippen LogP contribution < -0.4 is 0 Å². The van der Waals surface area contributed by atoms with Crippen molar-refractivity contribution in [1.29, 1.82) is 0 Å². The average Bonchev–Trinajstić information content (AvgIpc) is 2.54. The van der Waals surface area contributed by atoms with Gasteiger partial charge in [-0.2, -0.15) is 0 Å². The van der Waals surface area contributed by atoms with Crippen molar-refractivity contribution in [2.45, 2.75) is 51.9 Å². The molecule has 0 aliphatic carbocycles. The van der Waals surface area contributed by atoms with Gasteiger partial charge in [-0.05, 0) is 55.5 Å². The standard InChI is InChI=1S/C19H24N2O3/c1-14-11-16(22)9-10-17(14)19-20-12-15(13-21-19)7-5-3-2-4-6-8-18(23)24/h9-13,22H,2-8H2,1H3,(H,23,24). The molecule has 5 nitrogen and oxygen atoms in total. The maximum absolute atomic E-state index is 10.4. The molecule has 0 amide bonds. The molecule has 0 atom stereocenters. The number of carboxylic acids is 1. The Balaban J connectivity index is 1.77. The largest absolute Gasteiger partial charge is 0.508 e. The summed E-state index contributed by atoms with van der Waals surface area (Å²) >= 11 is 0. The van der Waals surface area contributed by atoms with Gasteiger partial charge < -0.3 is 10.2 Å². The Morgan fingerprint density at radius 1 is 1.04 bits per heavy atom. The number of hydrogen-bond donors (Lipinski definition) is 2. The number of aromatic hydroxyl groups is 1. The van der Waals surface area contributed by atoms with E-state index in [1.807, 2.05) is 25.4 Å². The summed E-state index contributed by atoms with van der Waals surface area (Å²) in [7, 11) is 0. The van der Waals surface area contributed by atoms with Crippen molar-refractivity contribution < 1.29 is 15.0 Å². The van der Waals surface area contributed by atoms with Crippen molar-refractivity contribution in [3.05, 3.63) is 41.7 Å². The fourth-order valence-corrected chi connectivity index (χ4v) is 2.66. The molecule has 1 aromatic heterocycles. The third kappa shape index (κ3) is 5.65. The first-order chi connectivity index (χ1) is 11.6. The van der Waals surface area contributed by atoms with Crippen LogP contribution in [0.15, 0.2) is 30.6 Å². The van der Waals surface area contributed by atoms with E-state index < -0.39 is 5.97 Å². The topological polar surface area (TPSA) is 83.3 Å². The molecule has 5 heteroatoms. The average molecular weight is 328 g/mol. The highest BCUT2D eigenvalue weighted by Gasteiger charge is 2.06. The molecular weight excluding hydrogens is 304 g/mol. The highest BCUT2D eigenvalue weighted by Crippen LogP contribution is 2.23. The van der Waals surface area contributed by atoms with Gasteiger partial charge in [-0.3, -0.25) is 4.79 Å². The van der Waals surface area contributed by atoms with Gasteiger partial charge in [-0.25, -0.2) is 9.97 Å². The smallest absolute Gasteiger partial charge is 0.303 e. The molecule has 0 spiro atoms. The number of phenolic OH excluding ortho intramolecular Hbond substituents is 1. The number of nitrogens with zero attached hydrogens (tertiary/aromatic N) is 2. The first kappa shape index (κ1) is 17.9. The lowest BCUT2D eigenvalue weighted by atomic mass is 10.1. The van der Waals surface area contributed by atoms with Gasteiger partial charge in [0.1, 0.15) is 5.75 Å². The molecule has 0 fully saturated rings. The molecule has 1 aromatic carbocycles. The Labute approximate surface area is 142 Å². The minimum atomic E-state index is -0.712. The Kier molecular flexibility index (Phi) is 6.73. The zero-order valence-corrected chi connectivity index (χ0v) is 14.0. The third-order valence-corrected chi connectivity index (χ3v) is 4.01. The molecule has 2 rings (SSSR count). The van der Waals surface area contributed by atoms with E-state index in [0.29, 0.717) is 5.82 Å². The number of carbonyl (C=O) groups is 1. The van der Waals surface area contributed by atoms with Crippen molar-refractivity contribution in [3.63, 3.8) is 0 Å². The number of phenols is 1. The molecule has 2 aromatic rings. The van der Waals surface area contributed by atoms with Crippen LogP contribution in [0.25, 0.3) is 11.4 Å². The van der Waals surface area contributed by atoms with Crippen molar-refractivity contribution in [2.75, 3.05) is 0 Å². The van der Waals surface area contributed by atoms with Crippen LogP contribution in [-0.4, -0.2) is 26.2 Å². The van der Waals surface area contributed by atoms with Crippen LogP contribution >= 0.6 is 0 Å². The molecule has 0 unspecified atom stereocenters. The van der Waals surface area contributed by atoms with Crippen LogP contribution in [0.1, 0.15) is 49.7 Å². The number of carboxylic acid groups (broad SMARTS) is 1. The molecule has 0 saturated carbocycles. The molecular formula is C19H24N2O3. The summed E-state index contributed by atoms with van der Waals surface area (Å²) in [6.45, 7) is 1.93. The van der Waals surface area contributed by atoms with Gasteiger partial charge >= 0.3 is 5.97 Å². The Morgan fingerprint density at radius 2 is 1.71 bits per heavy atom. The van der Waals surface area contributed by atoms with Crippen LogP contribution in [0, 0.1) is 6.92 Å². The fraction of sp³-hybridized carbons (Fsp3) is 0.421. The number of aryl methyl sites for hydroxylation is 2. The highest BCUT2D eigenvalue weighted by molar-refractivity contribution is 5.66. The number of hydrogen-bond acceptors (Lipinski definition) is 4. The Morgan fingerprint density at radius 3 is 2.38 bits per heavy atom. The molecule has 128 valence electrons. The van der Waals surface area contributed by atoms with E-state index in [9.17, 15) is 9.90 Å². The van der Waals surface area contributed by atoms with E-state index in [1.54, 1.807) is 12.1 Å². The lowest BCUT2D eigenvalue weighted by Crippen LogP contribution is -1.95. The van der Waals surface area contributed by atoms with Crippen LogP contribution in [0.2, 0.25) is 0 Å². The van der Waals surface area contributed by atoms with Crippen molar-refractivity contribution in [1.82, 2.24) is 9.97 Å². The fourth-order valence-electron chi connectivity index (χ4n) is 2.66. The zero-order valence-electron chi connectivity index (χ0n) is 14.0. The van der Waals surface area contributed by atoms with E-state index in [4.69, 9.17) is 5.11 Å². The predicted octanol–water partition coefficient (Wildman–Crippen LogP) is 4.13. The number of unbranched alkanes of at least 4 members (excludes halogenated alkanes) is 4. The molecule has 0 aliphatic rings. The van der Waals surface area contributed by atoms with Gasteiger partial charge in [0.25, 0.3) is 0 Å². The van der Waals surface area contributed by atoms with Crippen molar-refractivity contribution >= 4 is 5.97 Å². The summed E-state index contributed by atoms with van der Waals surface area (Å²) in [5.41, 5.74) is 2.99. The minimum absolute atomic E-state index is 0.247. The number of aromatic nitrogens is 2. The van der Waals surface area contributed by atoms with Gasteiger partial charge in [0.15, 0.2) is 5.82 Å². The molecule has 2 N–H and O–H groups in total. The van der Waals surface area contributed by atoms with E-state index in [0.717, 1.165) is 55.2 Å². The zero-order chi connectivity index (χ0) is 17.4. The summed E-state index contributed by atoms with van der Waals surface area (Å²) in [4.78, 5) is 19.3. The maximum Gasteiger partial charge on any atom is 0.303 e. The molecule has 0 bridgehead atoms. The van der Waals surface area contributed by atoms with Gasteiger partial charge in [-0.15, -0.1) is 0 Å². The number of aliphatic carboxylic acids is 1. The van der Waals surface area contributed by atoms with E-state index in [-0.39, 0.29) is 12.2 Å². The summed E-state index contributed by atoms with van der Waals surface area (Å²) in [5.74, 6) is 0.206. The third-order valence-electron chi connectivity index (χ3n) is 4.01. The quantitative estimate of drug-likeness (QED) is 0.676. The lowest BCUT2D eigenvalue weighted by Gasteiger charge is -2.06. The van der Waals surface area contributed by atoms with Crippen LogP contribution in [0.5, 0.6) is 5.75 Å². The van der Waals surface area contributed by atoms with Gasteiger partial charge in [0.05, 0.1) is 0 Å². The Bertz CT molecular complexity index is 669. The van der Waals surface area contributed by atoms with Gasteiger partial charge in [-0.1, -0.05) is 19.3 Å². The molecule has 0 saturated heterocycles. The number of benzene rings is 1.